The molecule has 0 atom stereocenters. The molecule has 134 valence electrons. The molecular weight excluding hydrogens is 384 g/mol. The summed E-state index contributed by atoms with van der Waals surface area (Å²) in [6.07, 6.45) is 1.30. The number of hydrogen-bond acceptors (Lipinski definition) is 4. The smallest absolute Gasteiger partial charge is 0.261 e. The van der Waals surface area contributed by atoms with Crippen LogP contribution in [0, 0.1) is 11.6 Å². The average molecular weight is 396 g/mol. The lowest BCUT2D eigenvalue weighted by Gasteiger charge is -2.10. The van der Waals surface area contributed by atoms with Gasteiger partial charge in [0, 0.05) is 16.8 Å². The minimum atomic E-state index is -3.80. The molecule has 0 aliphatic rings. The molecule has 26 heavy (non-hydrogen) atoms. The van der Waals surface area contributed by atoms with E-state index in [-0.39, 0.29) is 10.6 Å². The highest BCUT2D eigenvalue weighted by molar-refractivity contribution is 7.92. The van der Waals surface area contributed by atoms with Crippen LogP contribution in [0.3, 0.4) is 0 Å². The van der Waals surface area contributed by atoms with Gasteiger partial charge in [-0.2, -0.15) is 0 Å². The van der Waals surface area contributed by atoms with Gasteiger partial charge >= 0.3 is 0 Å². The fourth-order valence-electron chi connectivity index (χ4n) is 2.10. The molecule has 0 aliphatic carbocycles. The molecule has 3 rings (SSSR count). The normalized spacial score (nSPS) is 11.2. The maximum atomic E-state index is 13.2. The lowest BCUT2D eigenvalue weighted by Crippen LogP contribution is -2.13. The quantitative estimate of drug-likeness (QED) is 0.664. The van der Waals surface area contributed by atoms with Gasteiger partial charge in [-0.15, -0.1) is 0 Å². The highest BCUT2D eigenvalue weighted by Gasteiger charge is 2.14. The Hall–Kier alpha value is -2.71. The molecule has 9 heteroatoms. The standard InChI is InChI=1S/C17H12ClF2N3O2S/c18-11-2-1-3-14(8-11)26(24,25)23-13-5-7-17(21-10-13)22-12-4-6-15(19)16(20)9-12/h1-10,23H,(H,21,22). The van der Waals surface area contributed by atoms with Gasteiger partial charge in [-0.05, 0) is 42.5 Å². The fourth-order valence-corrected chi connectivity index (χ4v) is 3.44. The Labute approximate surface area is 153 Å². The summed E-state index contributed by atoms with van der Waals surface area (Å²) in [5.74, 6) is -1.60. The van der Waals surface area contributed by atoms with Gasteiger partial charge in [0.05, 0.1) is 16.8 Å². The number of nitrogens with zero attached hydrogens (tertiary/aromatic N) is 1. The summed E-state index contributed by atoms with van der Waals surface area (Å²) in [7, 11) is -3.80. The maximum Gasteiger partial charge on any atom is 0.261 e. The Morgan fingerprint density at radius 2 is 1.69 bits per heavy atom. The van der Waals surface area contributed by atoms with E-state index in [1.54, 1.807) is 6.07 Å². The number of halogens is 3. The first-order valence-corrected chi connectivity index (χ1v) is 9.16. The molecular formula is C17H12ClF2N3O2S. The third-order valence-electron chi connectivity index (χ3n) is 3.31. The monoisotopic (exact) mass is 395 g/mol. The highest BCUT2D eigenvalue weighted by Crippen LogP contribution is 2.21. The van der Waals surface area contributed by atoms with Crippen LogP contribution in [0.15, 0.2) is 65.7 Å². The maximum absolute atomic E-state index is 13.2. The first kappa shape index (κ1) is 18.1. The van der Waals surface area contributed by atoms with E-state index in [4.69, 9.17) is 11.6 Å². The van der Waals surface area contributed by atoms with Crippen LogP contribution < -0.4 is 10.0 Å². The molecule has 1 aromatic heterocycles. The summed E-state index contributed by atoms with van der Waals surface area (Å²) >= 11 is 5.81. The van der Waals surface area contributed by atoms with E-state index in [2.05, 4.69) is 15.0 Å². The van der Waals surface area contributed by atoms with E-state index in [9.17, 15) is 17.2 Å². The van der Waals surface area contributed by atoms with E-state index in [1.807, 2.05) is 0 Å². The zero-order valence-electron chi connectivity index (χ0n) is 13.1. The summed E-state index contributed by atoms with van der Waals surface area (Å²) in [4.78, 5) is 4.06. The molecule has 0 fully saturated rings. The Kier molecular flexibility index (Phi) is 5.06. The molecule has 0 spiro atoms. The fraction of sp³-hybridized carbons (Fsp3) is 0. The lowest BCUT2D eigenvalue weighted by atomic mass is 10.3. The molecule has 0 radical (unpaired) electrons. The van der Waals surface area contributed by atoms with Crippen molar-refractivity contribution in [2.24, 2.45) is 0 Å². The van der Waals surface area contributed by atoms with Gasteiger partial charge in [0.15, 0.2) is 11.6 Å². The molecule has 0 unspecified atom stereocenters. The van der Waals surface area contributed by atoms with Gasteiger partial charge in [-0.1, -0.05) is 17.7 Å². The first-order chi connectivity index (χ1) is 12.3. The van der Waals surface area contributed by atoms with Gasteiger partial charge < -0.3 is 5.32 Å². The van der Waals surface area contributed by atoms with Gasteiger partial charge in [0.1, 0.15) is 5.82 Å². The average Bonchev–Trinajstić information content (AvgIpc) is 2.60. The molecule has 0 bridgehead atoms. The molecule has 0 saturated carbocycles. The number of benzene rings is 2. The highest BCUT2D eigenvalue weighted by atomic mass is 35.5. The van der Waals surface area contributed by atoms with E-state index in [0.717, 1.165) is 12.1 Å². The van der Waals surface area contributed by atoms with E-state index >= 15 is 0 Å². The minimum absolute atomic E-state index is 0.0222. The molecule has 5 nitrogen and oxygen atoms in total. The van der Waals surface area contributed by atoms with Gasteiger partial charge in [-0.3, -0.25) is 4.72 Å². The van der Waals surface area contributed by atoms with Crippen LogP contribution in [0.2, 0.25) is 5.02 Å². The Bertz CT molecular complexity index is 1040. The Morgan fingerprint density at radius 3 is 2.35 bits per heavy atom. The lowest BCUT2D eigenvalue weighted by molar-refractivity contribution is 0.509. The van der Waals surface area contributed by atoms with Crippen LogP contribution in [0.5, 0.6) is 0 Å². The summed E-state index contributed by atoms with van der Waals surface area (Å²) in [5.41, 5.74) is 0.546. The summed E-state index contributed by atoms with van der Waals surface area (Å²) < 4.78 is 53.1. The largest absolute Gasteiger partial charge is 0.340 e. The number of pyridine rings is 1. The molecule has 3 aromatic rings. The van der Waals surface area contributed by atoms with Crippen molar-refractivity contribution in [1.82, 2.24) is 4.98 Å². The van der Waals surface area contributed by atoms with Crippen molar-refractivity contribution >= 4 is 38.8 Å². The summed E-state index contributed by atoms with van der Waals surface area (Å²) in [5, 5.41) is 3.09. The van der Waals surface area contributed by atoms with Crippen molar-refractivity contribution < 1.29 is 17.2 Å². The van der Waals surface area contributed by atoms with Gasteiger partial charge in [-0.25, -0.2) is 22.2 Å². The third-order valence-corrected chi connectivity index (χ3v) is 4.93. The molecule has 2 aromatic carbocycles. The van der Waals surface area contributed by atoms with E-state index < -0.39 is 21.7 Å². The van der Waals surface area contributed by atoms with Crippen LogP contribution in [0.1, 0.15) is 0 Å². The van der Waals surface area contributed by atoms with E-state index in [0.29, 0.717) is 16.5 Å². The number of aromatic nitrogens is 1. The van der Waals surface area contributed by atoms with E-state index in [1.165, 1.54) is 42.6 Å². The topological polar surface area (TPSA) is 71.1 Å². The zero-order valence-corrected chi connectivity index (χ0v) is 14.7. The van der Waals surface area contributed by atoms with Crippen molar-refractivity contribution in [2.45, 2.75) is 4.90 Å². The van der Waals surface area contributed by atoms with Crippen LogP contribution in [0.25, 0.3) is 0 Å². The molecule has 1 heterocycles. The molecule has 0 amide bonds. The minimum Gasteiger partial charge on any atom is -0.340 e. The Balaban J connectivity index is 1.74. The predicted molar refractivity (Wildman–Crippen MR) is 96.1 cm³/mol. The van der Waals surface area contributed by atoms with Gasteiger partial charge in [0.2, 0.25) is 0 Å². The number of hydrogen-bond donors (Lipinski definition) is 2. The van der Waals surface area contributed by atoms with Crippen molar-refractivity contribution in [2.75, 3.05) is 10.0 Å². The second-order valence-corrected chi connectivity index (χ2v) is 7.37. The van der Waals surface area contributed by atoms with Gasteiger partial charge in [0.25, 0.3) is 10.0 Å². The predicted octanol–water partition coefficient (Wildman–Crippen LogP) is 4.56. The third kappa shape index (κ3) is 4.27. The molecule has 0 saturated heterocycles. The van der Waals surface area contributed by atoms with Crippen molar-refractivity contribution in [3.05, 3.63) is 77.5 Å². The van der Waals surface area contributed by atoms with Crippen LogP contribution >= 0.6 is 11.6 Å². The SMILES string of the molecule is O=S(=O)(Nc1ccc(Nc2ccc(F)c(F)c2)nc1)c1cccc(Cl)c1. The van der Waals surface area contributed by atoms with Crippen LogP contribution in [0.4, 0.5) is 26.0 Å². The van der Waals surface area contributed by atoms with Crippen LogP contribution in [-0.2, 0) is 10.0 Å². The Morgan fingerprint density at radius 1 is 0.923 bits per heavy atom. The second-order valence-electron chi connectivity index (χ2n) is 5.25. The van der Waals surface area contributed by atoms with Crippen molar-refractivity contribution in [3.8, 4) is 0 Å². The van der Waals surface area contributed by atoms with Crippen LogP contribution in [-0.4, -0.2) is 13.4 Å². The van der Waals surface area contributed by atoms with Crippen molar-refractivity contribution in [1.29, 1.82) is 0 Å². The number of rotatable bonds is 5. The zero-order chi connectivity index (χ0) is 18.7. The molecule has 0 aliphatic heterocycles. The van der Waals surface area contributed by atoms with Crippen molar-refractivity contribution in [3.63, 3.8) is 0 Å². The number of sulfonamides is 1. The number of anilines is 3. The summed E-state index contributed by atoms with van der Waals surface area (Å²) in [6.45, 7) is 0. The first-order valence-electron chi connectivity index (χ1n) is 7.30. The second kappa shape index (κ2) is 7.27. The molecule has 2 N–H and O–H groups in total. The summed E-state index contributed by atoms with van der Waals surface area (Å²) in [6, 6.07) is 12.2. The number of nitrogens with one attached hydrogen (secondary N) is 2.